The molecule has 0 bridgehead atoms. The van der Waals surface area contributed by atoms with Crippen molar-refractivity contribution >= 4 is 17.5 Å². The minimum atomic E-state index is -0.500. The van der Waals surface area contributed by atoms with Gasteiger partial charge >= 0.3 is 0 Å². The molecule has 0 spiro atoms. The van der Waals surface area contributed by atoms with Crippen molar-refractivity contribution in [2.24, 2.45) is 0 Å². The van der Waals surface area contributed by atoms with Gasteiger partial charge in [-0.05, 0) is 62.4 Å². The molecule has 134 valence electrons. The molecule has 0 aliphatic rings. The Morgan fingerprint density at radius 3 is 2.56 bits per heavy atom. The van der Waals surface area contributed by atoms with Gasteiger partial charge in [-0.2, -0.15) is 0 Å². The molecular formula is C21H26ClNO2. The molecule has 1 amide bonds. The standard InChI is InChI=1S/C21H26ClNO2/c1-4-20(25-18-12-13-19(22)15(2)14-18)21(24)23-16(3)10-11-17-8-6-5-7-9-17/h5-9,12-14,16,20H,4,10-11H2,1-3H3,(H,23,24)/t16-,20-/m1/s1. The molecule has 0 fully saturated rings. The van der Waals surface area contributed by atoms with Crippen LogP contribution in [0.3, 0.4) is 0 Å². The first kappa shape index (κ1) is 19.3. The van der Waals surface area contributed by atoms with Gasteiger partial charge in [-0.3, -0.25) is 4.79 Å². The number of carbonyl (C=O) groups is 1. The number of amides is 1. The van der Waals surface area contributed by atoms with Crippen LogP contribution in [0, 0.1) is 6.92 Å². The van der Waals surface area contributed by atoms with Gasteiger partial charge in [0.1, 0.15) is 5.75 Å². The van der Waals surface area contributed by atoms with Gasteiger partial charge in [0.2, 0.25) is 0 Å². The highest BCUT2D eigenvalue weighted by atomic mass is 35.5. The number of halogens is 1. The molecule has 0 aromatic heterocycles. The number of ether oxygens (including phenoxy) is 1. The second-order valence-electron chi connectivity index (χ2n) is 6.36. The minimum Gasteiger partial charge on any atom is -0.481 e. The highest BCUT2D eigenvalue weighted by Gasteiger charge is 2.20. The van der Waals surface area contributed by atoms with Gasteiger partial charge in [0.25, 0.3) is 5.91 Å². The number of carbonyl (C=O) groups excluding carboxylic acids is 1. The molecule has 2 atom stereocenters. The van der Waals surface area contributed by atoms with E-state index in [2.05, 4.69) is 17.4 Å². The van der Waals surface area contributed by atoms with Crippen LogP contribution in [0.5, 0.6) is 5.75 Å². The normalized spacial score (nSPS) is 13.1. The fraction of sp³-hybridized carbons (Fsp3) is 0.381. The van der Waals surface area contributed by atoms with Gasteiger partial charge in [0, 0.05) is 11.1 Å². The lowest BCUT2D eigenvalue weighted by atomic mass is 10.1. The number of nitrogens with one attached hydrogen (secondary N) is 1. The largest absolute Gasteiger partial charge is 0.481 e. The third kappa shape index (κ3) is 6.09. The molecule has 0 saturated carbocycles. The summed E-state index contributed by atoms with van der Waals surface area (Å²) in [5, 5.41) is 3.75. The van der Waals surface area contributed by atoms with Crippen LogP contribution >= 0.6 is 11.6 Å². The van der Waals surface area contributed by atoms with E-state index in [0.29, 0.717) is 17.2 Å². The number of benzene rings is 2. The molecule has 0 aliphatic heterocycles. The molecule has 0 unspecified atom stereocenters. The predicted octanol–water partition coefficient (Wildman–Crippen LogP) is 4.94. The second kappa shape index (κ2) is 9.47. The molecular weight excluding hydrogens is 334 g/mol. The van der Waals surface area contributed by atoms with E-state index in [1.54, 1.807) is 12.1 Å². The van der Waals surface area contributed by atoms with Crippen molar-refractivity contribution in [3.05, 3.63) is 64.7 Å². The van der Waals surface area contributed by atoms with E-state index in [4.69, 9.17) is 16.3 Å². The summed E-state index contributed by atoms with van der Waals surface area (Å²) in [7, 11) is 0. The Hall–Kier alpha value is -2.00. The summed E-state index contributed by atoms with van der Waals surface area (Å²) >= 11 is 6.03. The quantitative estimate of drug-likeness (QED) is 0.724. The molecule has 0 heterocycles. The summed E-state index contributed by atoms with van der Waals surface area (Å²) in [5.74, 6) is 0.594. The Morgan fingerprint density at radius 1 is 1.20 bits per heavy atom. The van der Waals surface area contributed by atoms with Crippen molar-refractivity contribution in [3.8, 4) is 5.75 Å². The minimum absolute atomic E-state index is 0.0735. The van der Waals surface area contributed by atoms with Gasteiger partial charge in [-0.25, -0.2) is 0 Å². The van der Waals surface area contributed by atoms with E-state index in [1.807, 2.05) is 45.0 Å². The number of rotatable bonds is 8. The molecule has 0 aliphatic carbocycles. The average Bonchev–Trinajstić information content (AvgIpc) is 2.61. The zero-order chi connectivity index (χ0) is 18.2. The van der Waals surface area contributed by atoms with Crippen LogP contribution in [0.15, 0.2) is 48.5 Å². The summed E-state index contributed by atoms with van der Waals surface area (Å²) in [6, 6.07) is 15.8. The maximum Gasteiger partial charge on any atom is 0.261 e. The van der Waals surface area contributed by atoms with E-state index < -0.39 is 6.10 Å². The molecule has 2 aromatic carbocycles. The highest BCUT2D eigenvalue weighted by molar-refractivity contribution is 6.31. The Bertz CT molecular complexity index is 688. The van der Waals surface area contributed by atoms with Crippen LogP contribution in [0.2, 0.25) is 5.02 Å². The maximum atomic E-state index is 12.5. The fourth-order valence-electron chi connectivity index (χ4n) is 2.61. The smallest absolute Gasteiger partial charge is 0.261 e. The van der Waals surface area contributed by atoms with E-state index >= 15 is 0 Å². The van der Waals surface area contributed by atoms with Gasteiger partial charge in [0.15, 0.2) is 6.10 Å². The molecule has 2 rings (SSSR count). The van der Waals surface area contributed by atoms with Gasteiger partial charge in [-0.1, -0.05) is 48.9 Å². The average molecular weight is 360 g/mol. The zero-order valence-corrected chi connectivity index (χ0v) is 15.8. The van der Waals surface area contributed by atoms with Crippen LogP contribution in [-0.2, 0) is 11.2 Å². The topological polar surface area (TPSA) is 38.3 Å². The van der Waals surface area contributed by atoms with Crippen molar-refractivity contribution in [2.75, 3.05) is 0 Å². The zero-order valence-electron chi connectivity index (χ0n) is 15.1. The molecule has 1 N–H and O–H groups in total. The van der Waals surface area contributed by atoms with Crippen molar-refractivity contribution in [3.63, 3.8) is 0 Å². The molecule has 4 heteroatoms. The van der Waals surface area contributed by atoms with Gasteiger partial charge < -0.3 is 10.1 Å². The van der Waals surface area contributed by atoms with Crippen LogP contribution < -0.4 is 10.1 Å². The van der Waals surface area contributed by atoms with E-state index in [1.165, 1.54) is 5.56 Å². The Labute approximate surface area is 155 Å². The molecule has 25 heavy (non-hydrogen) atoms. The fourth-order valence-corrected chi connectivity index (χ4v) is 2.73. The number of hydrogen-bond acceptors (Lipinski definition) is 2. The lowest BCUT2D eigenvalue weighted by Crippen LogP contribution is -2.42. The molecule has 0 saturated heterocycles. The van der Waals surface area contributed by atoms with Crippen LogP contribution in [0.4, 0.5) is 0 Å². The highest BCUT2D eigenvalue weighted by Crippen LogP contribution is 2.22. The lowest BCUT2D eigenvalue weighted by Gasteiger charge is -2.21. The summed E-state index contributed by atoms with van der Waals surface area (Å²) in [6.45, 7) is 5.89. The Balaban J connectivity index is 1.87. The van der Waals surface area contributed by atoms with Crippen LogP contribution in [-0.4, -0.2) is 18.1 Å². The van der Waals surface area contributed by atoms with Crippen molar-refractivity contribution in [1.29, 1.82) is 0 Å². The van der Waals surface area contributed by atoms with Gasteiger partial charge in [-0.15, -0.1) is 0 Å². The van der Waals surface area contributed by atoms with Crippen molar-refractivity contribution < 1.29 is 9.53 Å². The van der Waals surface area contributed by atoms with E-state index in [9.17, 15) is 4.79 Å². The summed E-state index contributed by atoms with van der Waals surface area (Å²) in [4.78, 5) is 12.5. The predicted molar refractivity (Wildman–Crippen MR) is 103 cm³/mol. The Morgan fingerprint density at radius 2 is 1.92 bits per heavy atom. The first-order valence-electron chi connectivity index (χ1n) is 8.76. The summed E-state index contributed by atoms with van der Waals surface area (Å²) < 4.78 is 5.85. The second-order valence-corrected chi connectivity index (χ2v) is 6.77. The SMILES string of the molecule is CC[C@@H](Oc1ccc(Cl)c(C)c1)C(=O)N[C@H](C)CCc1ccccc1. The monoisotopic (exact) mass is 359 g/mol. The van der Waals surface area contributed by atoms with E-state index in [0.717, 1.165) is 18.4 Å². The van der Waals surface area contributed by atoms with Crippen LogP contribution in [0.1, 0.15) is 37.8 Å². The Kier molecular flexibility index (Phi) is 7.32. The summed E-state index contributed by atoms with van der Waals surface area (Å²) in [5.41, 5.74) is 2.22. The molecule has 0 radical (unpaired) electrons. The third-order valence-electron chi connectivity index (χ3n) is 4.17. The maximum absolute atomic E-state index is 12.5. The lowest BCUT2D eigenvalue weighted by molar-refractivity contribution is -0.128. The van der Waals surface area contributed by atoms with Crippen molar-refractivity contribution in [1.82, 2.24) is 5.32 Å². The summed E-state index contributed by atoms with van der Waals surface area (Å²) in [6.07, 6.45) is 1.95. The first-order valence-corrected chi connectivity index (χ1v) is 9.14. The van der Waals surface area contributed by atoms with Gasteiger partial charge in [0.05, 0.1) is 0 Å². The van der Waals surface area contributed by atoms with Crippen LogP contribution in [0.25, 0.3) is 0 Å². The van der Waals surface area contributed by atoms with E-state index in [-0.39, 0.29) is 11.9 Å². The number of aryl methyl sites for hydroxylation is 2. The molecule has 2 aromatic rings. The third-order valence-corrected chi connectivity index (χ3v) is 4.59. The molecule has 3 nitrogen and oxygen atoms in total. The van der Waals surface area contributed by atoms with Crippen molar-refractivity contribution in [2.45, 2.75) is 52.2 Å². The number of hydrogen-bond donors (Lipinski definition) is 1. The first-order chi connectivity index (χ1) is 12.0.